The number of ether oxygens (including phenoxy) is 1. The summed E-state index contributed by atoms with van der Waals surface area (Å²) in [6.45, 7) is 1.89. The second-order valence-electron chi connectivity index (χ2n) is 2.87. The van der Waals surface area contributed by atoms with Gasteiger partial charge in [-0.2, -0.15) is 0 Å². The number of carbonyl (C=O) groups is 2. The molecule has 86 valence electrons. The largest absolute Gasteiger partial charge is 0.505 e. The number of phenolic OH excluding ortho intramolecular Hbond substituents is 1. The summed E-state index contributed by atoms with van der Waals surface area (Å²) in [5, 5.41) is 17.6. The standard InChI is InChI=1S/C10H9FO5/c1-2-16-5-3-6(9(13)10(14)15)8(11)7(12)4-5/h3-4,12H,2H2,1H3,(H,14,15). The van der Waals surface area contributed by atoms with E-state index in [4.69, 9.17) is 14.9 Å². The Labute approximate surface area is 90.1 Å². The molecule has 0 aliphatic rings. The molecule has 2 N–H and O–H groups in total. The van der Waals surface area contributed by atoms with Gasteiger partial charge in [-0.05, 0) is 13.0 Å². The van der Waals surface area contributed by atoms with Crippen molar-refractivity contribution in [2.45, 2.75) is 6.92 Å². The highest BCUT2D eigenvalue weighted by Crippen LogP contribution is 2.26. The molecule has 0 amide bonds. The Kier molecular flexibility index (Phi) is 3.44. The molecule has 0 atom stereocenters. The summed E-state index contributed by atoms with van der Waals surface area (Å²) in [4.78, 5) is 21.5. The van der Waals surface area contributed by atoms with Gasteiger partial charge in [0.15, 0.2) is 11.6 Å². The monoisotopic (exact) mass is 228 g/mol. The first-order valence-corrected chi connectivity index (χ1v) is 4.40. The van der Waals surface area contributed by atoms with Crippen LogP contribution in [0.25, 0.3) is 0 Å². The van der Waals surface area contributed by atoms with Crippen molar-refractivity contribution < 1.29 is 28.9 Å². The lowest BCUT2D eigenvalue weighted by Gasteiger charge is -2.07. The molecule has 0 bridgehead atoms. The van der Waals surface area contributed by atoms with E-state index in [0.717, 1.165) is 12.1 Å². The molecule has 0 saturated carbocycles. The highest BCUT2D eigenvalue weighted by atomic mass is 19.1. The van der Waals surface area contributed by atoms with E-state index in [9.17, 15) is 14.0 Å². The Balaban J connectivity index is 3.26. The van der Waals surface area contributed by atoms with Gasteiger partial charge in [-0.1, -0.05) is 0 Å². The summed E-state index contributed by atoms with van der Waals surface area (Å²) in [6.07, 6.45) is 0. The summed E-state index contributed by atoms with van der Waals surface area (Å²) < 4.78 is 18.2. The lowest BCUT2D eigenvalue weighted by atomic mass is 10.1. The number of carboxylic acids is 1. The van der Waals surface area contributed by atoms with Gasteiger partial charge in [-0.25, -0.2) is 9.18 Å². The lowest BCUT2D eigenvalue weighted by molar-refractivity contribution is -0.131. The van der Waals surface area contributed by atoms with Crippen molar-refractivity contribution >= 4 is 11.8 Å². The number of benzene rings is 1. The maximum atomic E-state index is 13.2. The smallest absolute Gasteiger partial charge is 0.377 e. The van der Waals surface area contributed by atoms with Crippen LogP contribution in [0.3, 0.4) is 0 Å². The normalized spacial score (nSPS) is 9.88. The predicted octanol–water partition coefficient (Wildman–Crippen LogP) is 1.20. The van der Waals surface area contributed by atoms with E-state index in [1.54, 1.807) is 6.92 Å². The van der Waals surface area contributed by atoms with Crippen LogP contribution in [0.2, 0.25) is 0 Å². The van der Waals surface area contributed by atoms with E-state index in [-0.39, 0.29) is 12.4 Å². The van der Waals surface area contributed by atoms with Crippen LogP contribution >= 0.6 is 0 Å². The molecule has 16 heavy (non-hydrogen) atoms. The van der Waals surface area contributed by atoms with Gasteiger partial charge < -0.3 is 14.9 Å². The Bertz CT molecular complexity index is 441. The number of carboxylic acid groups (broad SMARTS) is 1. The minimum atomic E-state index is -1.80. The summed E-state index contributed by atoms with van der Waals surface area (Å²) in [7, 11) is 0. The zero-order chi connectivity index (χ0) is 12.3. The van der Waals surface area contributed by atoms with Crippen LogP contribution in [0.15, 0.2) is 12.1 Å². The molecule has 5 nitrogen and oxygen atoms in total. The van der Waals surface area contributed by atoms with Crippen molar-refractivity contribution in [3.63, 3.8) is 0 Å². The first kappa shape index (κ1) is 12.0. The Morgan fingerprint density at radius 2 is 2.06 bits per heavy atom. The van der Waals surface area contributed by atoms with E-state index < -0.39 is 28.9 Å². The third-order valence-electron chi connectivity index (χ3n) is 1.78. The molecular formula is C10H9FO5. The van der Waals surface area contributed by atoms with Crippen LogP contribution in [0.4, 0.5) is 4.39 Å². The van der Waals surface area contributed by atoms with Crippen LogP contribution in [-0.2, 0) is 4.79 Å². The van der Waals surface area contributed by atoms with Gasteiger partial charge in [0.2, 0.25) is 0 Å². The van der Waals surface area contributed by atoms with Crippen LogP contribution in [0.5, 0.6) is 11.5 Å². The highest BCUT2D eigenvalue weighted by molar-refractivity contribution is 6.40. The summed E-state index contributed by atoms with van der Waals surface area (Å²) in [5.74, 6) is -5.29. The maximum absolute atomic E-state index is 13.2. The van der Waals surface area contributed by atoms with Crippen molar-refractivity contribution in [2.24, 2.45) is 0 Å². The van der Waals surface area contributed by atoms with Gasteiger partial charge in [0, 0.05) is 6.07 Å². The van der Waals surface area contributed by atoms with Crippen molar-refractivity contribution in [2.75, 3.05) is 6.61 Å². The number of hydrogen-bond acceptors (Lipinski definition) is 4. The molecular weight excluding hydrogens is 219 g/mol. The first-order valence-electron chi connectivity index (χ1n) is 4.40. The molecule has 6 heteroatoms. The van der Waals surface area contributed by atoms with Gasteiger partial charge >= 0.3 is 5.97 Å². The summed E-state index contributed by atoms with van der Waals surface area (Å²) in [5.41, 5.74) is -0.726. The van der Waals surface area contributed by atoms with Crippen molar-refractivity contribution in [1.29, 1.82) is 0 Å². The Morgan fingerprint density at radius 3 is 2.56 bits per heavy atom. The quantitative estimate of drug-likeness (QED) is 0.597. The lowest BCUT2D eigenvalue weighted by Crippen LogP contribution is -2.14. The number of aromatic hydroxyl groups is 1. The topological polar surface area (TPSA) is 83.8 Å². The molecule has 1 rings (SSSR count). The van der Waals surface area contributed by atoms with Gasteiger partial charge in [-0.15, -0.1) is 0 Å². The number of Topliss-reactive ketones (excluding diaryl/α,β-unsaturated/α-hetero) is 1. The number of phenols is 1. The molecule has 0 fully saturated rings. The fraction of sp³-hybridized carbons (Fsp3) is 0.200. The molecule has 0 aliphatic carbocycles. The van der Waals surface area contributed by atoms with Gasteiger partial charge in [-0.3, -0.25) is 4.79 Å². The van der Waals surface area contributed by atoms with Gasteiger partial charge in [0.25, 0.3) is 5.78 Å². The van der Waals surface area contributed by atoms with Crippen LogP contribution in [0, 0.1) is 5.82 Å². The zero-order valence-corrected chi connectivity index (χ0v) is 8.36. The number of halogens is 1. The first-order chi connectivity index (χ1) is 7.47. The van der Waals surface area contributed by atoms with Crippen molar-refractivity contribution in [3.8, 4) is 11.5 Å². The second kappa shape index (κ2) is 4.61. The minimum absolute atomic E-state index is 0.0333. The van der Waals surface area contributed by atoms with E-state index >= 15 is 0 Å². The van der Waals surface area contributed by atoms with Gasteiger partial charge in [0.05, 0.1) is 12.2 Å². The predicted molar refractivity (Wildman–Crippen MR) is 51.2 cm³/mol. The van der Waals surface area contributed by atoms with E-state index in [1.807, 2.05) is 0 Å². The molecule has 1 aromatic rings. The van der Waals surface area contributed by atoms with Crippen LogP contribution in [-0.4, -0.2) is 28.6 Å². The average molecular weight is 228 g/mol. The minimum Gasteiger partial charge on any atom is -0.505 e. The fourth-order valence-corrected chi connectivity index (χ4v) is 1.11. The van der Waals surface area contributed by atoms with E-state index in [2.05, 4.69) is 0 Å². The van der Waals surface area contributed by atoms with Crippen molar-refractivity contribution in [3.05, 3.63) is 23.5 Å². The molecule has 0 aliphatic heterocycles. The number of hydrogen-bond donors (Lipinski definition) is 2. The molecule has 0 spiro atoms. The average Bonchev–Trinajstić information content (AvgIpc) is 2.22. The van der Waals surface area contributed by atoms with E-state index in [0.29, 0.717) is 0 Å². The molecule has 1 aromatic carbocycles. The Hall–Kier alpha value is -2.11. The van der Waals surface area contributed by atoms with E-state index in [1.165, 1.54) is 0 Å². The third-order valence-corrected chi connectivity index (χ3v) is 1.78. The number of ketones is 1. The molecule has 0 unspecified atom stereocenters. The number of rotatable bonds is 4. The number of aliphatic carboxylic acids is 1. The summed E-state index contributed by atoms with van der Waals surface area (Å²) in [6, 6.07) is 1.91. The zero-order valence-electron chi connectivity index (χ0n) is 8.36. The molecule has 0 aromatic heterocycles. The fourth-order valence-electron chi connectivity index (χ4n) is 1.11. The maximum Gasteiger partial charge on any atom is 0.377 e. The molecule has 0 heterocycles. The highest BCUT2D eigenvalue weighted by Gasteiger charge is 2.22. The van der Waals surface area contributed by atoms with Crippen LogP contribution < -0.4 is 4.74 Å². The van der Waals surface area contributed by atoms with Crippen LogP contribution in [0.1, 0.15) is 17.3 Å². The SMILES string of the molecule is CCOc1cc(O)c(F)c(C(=O)C(=O)O)c1. The third kappa shape index (κ3) is 2.28. The van der Waals surface area contributed by atoms with Crippen molar-refractivity contribution in [1.82, 2.24) is 0 Å². The Morgan fingerprint density at radius 1 is 1.44 bits per heavy atom. The molecule has 0 saturated heterocycles. The van der Waals surface area contributed by atoms with Gasteiger partial charge in [0.1, 0.15) is 5.75 Å². The number of carbonyl (C=O) groups excluding carboxylic acids is 1. The summed E-state index contributed by atoms with van der Waals surface area (Å²) >= 11 is 0. The second-order valence-corrected chi connectivity index (χ2v) is 2.87. The molecule has 0 radical (unpaired) electrons.